The number of phenolic OH excluding ortho intramolecular Hbond substituents is 6. The van der Waals surface area contributed by atoms with Crippen molar-refractivity contribution in [1.29, 1.82) is 0 Å². The number of rotatable bonds is 20. The number of aromatic hydroxyl groups is 6. The number of benzene rings is 6. The van der Waals surface area contributed by atoms with E-state index in [1.807, 2.05) is 117 Å². The first-order valence-electron chi connectivity index (χ1n) is 35.6. The summed E-state index contributed by atoms with van der Waals surface area (Å²) >= 11 is 0. The first-order valence-corrected chi connectivity index (χ1v) is 35.6. The molecule has 6 aromatic rings. The largest absolute Gasteiger partial charge is 0.507 e. The molecule has 0 aliphatic heterocycles. The summed E-state index contributed by atoms with van der Waals surface area (Å²) in [6.07, 6.45) is -0.0889. The topological polar surface area (TPSA) is 200 Å². The summed E-state index contributed by atoms with van der Waals surface area (Å²) in [6.45, 7) is 55.0. The fourth-order valence-electron chi connectivity index (χ4n) is 12.6. The third kappa shape index (κ3) is 21.1. The van der Waals surface area contributed by atoms with Gasteiger partial charge < -0.3 is 44.8 Å². The van der Waals surface area contributed by atoms with E-state index in [4.69, 9.17) is 14.2 Å². The molecular weight excluding hydrogens is 1240 g/mol. The summed E-state index contributed by atoms with van der Waals surface area (Å²) in [4.78, 5) is 42.2. The van der Waals surface area contributed by atoms with Gasteiger partial charge in [-0.1, -0.05) is 260 Å². The standard InChI is InChI=1S/C87H122O12/c1-79(2,3)60-43-57(76(94)67(46-60)85(19,20)21)40-54-34-51(37-64(73(54)91)82(10,11)12)28-31-70(88)97-49-63(99-72(90)33-30-53-36-56(75(93)66(39-53)84(16,17)18)42-59-45-62(81(7,8)9)48-69(78(59)96)87(25,26)27)50-98-71(89)32-29-52-35-55(74(92)65(38-52)83(13,14)15)41-58-44-61(80(4,5)6)47-68(77(58)95)86(22,23)24/h34-39,43-48,63,91-96H,28-33,40-42,49-50H2,1-27H3. The molecule has 12 nitrogen and oxygen atoms in total. The Labute approximate surface area is 594 Å². The molecule has 0 spiro atoms. The third-order valence-electron chi connectivity index (χ3n) is 18.9. The van der Waals surface area contributed by atoms with Gasteiger partial charge in [0, 0.05) is 38.5 Å². The lowest BCUT2D eigenvalue weighted by Crippen LogP contribution is -2.31. The van der Waals surface area contributed by atoms with Gasteiger partial charge >= 0.3 is 17.9 Å². The van der Waals surface area contributed by atoms with Gasteiger partial charge in [0.15, 0.2) is 6.10 Å². The van der Waals surface area contributed by atoms with E-state index in [-0.39, 0.29) is 125 Å². The average Bonchev–Trinajstić information content (AvgIpc) is 0.786. The van der Waals surface area contributed by atoms with E-state index in [1.54, 1.807) is 0 Å². The number of phenols is 6. The summed E-state index contributed by atoms with van der Waals surface area (Å²) in [5.74, 6) is -0.908. The number of hydrogen-bond donors (Lipinski definition) is 6. The fraction of sp³-hybridized carbons (Fsp3) is 0.552. The molecule has 0 bridgehead atoms. The average molecular weight is 1360 g/mol. The summed E-state index contributed by atoms with van der Waals surface area (Å²) in [7, 11) is 0. The van der Waals surface area contributed by atoms with Crippen molar-refractivity contribution in [2.75, 3.05) is 13.2 Å². The van der Waals surface area contributed by atoms with Gasteiger partial charge in [0.1, 0.15) is 47.7 Å². The Bertz CT molecular complexity index is 3750. The van der Waals surface area contributed by atoms with Gasteiger partial charge in [-0.3, -0.25) is 14.4 Å². The highest BCUT2D eigenvalue weighted by Gasteiger charge is 2.33. The van der Waals surface area contributed by atoms with E-state index in [9.17, 15) is 45.0 Å². The van der Waals surface area contributed by atoms with Crippen LogP contribution in [0.4, 0.5) is 0 Å². The van der Waals surface area contributed by atoms with Crippen LogP contribution in [0.2, 0.25) is 0 Å². The number of hydrogen-bond acceptors (Lipinski definition) is 12. The van der Waals surface area contributed by atoms with Crippen LogP contribution in [-0.2, 0) is 116 Å². The third-order valence-corrected chi connectivity index (χ3v) is 18.9. The Morgan fingerprint density at radius 2 is 0.485 bits per heavy atom. The molecular formula is C87H122O12. The number of esters is 3. The second-order valence-electron chi connectivity index (χ2n) is 37.3. The maximum Gasteiger partial charge on any atom is 0.306 e. The highest BCUT2D eigenvalue weighted by Crippen LogP contribution is 2.46. The Hall–Kier alpha value is -7.47. The van der Waals surface area contributed by atoms with Crippen molar-refractivity contribution in [2.24, 2.45) is 0 Å². The zero-order valence-electron chi connectivity index (χ0n) is 65.4. The van der Waals surface area contributed by atoms with Gasteiger partial charge in [-0.05, 0) is 168 Å². The first kappa shape index (κ1) is 80.5. The first-order chi connectivity index (χ1) is 44.9. The molecule has 6 aromatic carbocycles. The zero-order chi connectivity index (χ0) is 75.1. The molecule has 0 saturated carbocycles. The SMILES string of the molecule is CC(C)(C)c1cc(Cc2cc(CCC(=O)OCC(COC(=O)CCc3cc(Cc4cc(C(C)(C)C)cc(C(C)(C)C)c4O)c(O)c(C(C)(C)C)c3)OC(=O)CCc3cc(Cc4cc(C(C)(C)C)cc(C(C)(C)C)c4O)c(O)c(C(C)(C)C)c3)cc(C(C)(C)C)c2O)c(O)c(C(C)(C)C)c1. The molecule has 0 heterocycles. The number of carbonyl (C=O) groups excluding carboxylic acids is 3. The number of ether oxygens (including phenoxy) is 3. The molecule has 542 valence electrons. The van der Waals surface area contributed by atoms with Gasteiger partial charge in [0.25, 0.3) is 0 Å². The van der Waals surface area contributed by atoms with Crippen molar-refractivity contribution >= 4 is 17.9 Å². The van der Waals surface area contributed by atoms with Crippen LogP contribution in [0.15, 0.2) is 72.8 Å². The van der Waals surface area contributed by atoms with Crippen molar-refractivity contribution in [1.82, 2.24) is 0 Å². The maximum atomic E-state index is 14.2. The van der Waals surface area contributed by atoms with E-state index < -0.39 is 53.5 Å². The quantitative estimate of drug-likeness (QED) is 0.0313. The molecule has 0 amide bonds. The van der Waals surface area contributed by atoms with Crippen molar-refractivity contribution < 1.29 is 59.2 Å². The number of aryl methyl sites for hydroxylation is 3. The van der Waals surface area contributed by atoms with Crippen molar-refractivity contribution in [3.63, 3.8) is 0 Å². The minimum atomic E-state index is -1.20. The Kier molecular flexibility index (Phi) is 24.1. The van der Waals surface area contributed by atoms with Crippen LogP contribution in [0.5, 0.6) is 34.5 Å². The van der Waals surface area contributed by atoms with Crippen molar-refractivity contribution in [3.05, 3.63) is 173 Å². The lowest BCUT2D eigenvalue weighted by Gasteiger charge is -2.28. The molecule has 0 atom stereocenters. The molecule has 6 rings (SSSR count). The van der Waals surface area contributed by atoms with E-state index in [1.165, 1.54) is 0 Å². The van der Waals surface area contributed by atoms with Crippen molar-refractivity contribution in [2.45, 2.75) is 300 Å². The molecule has 12 heteroatoms. The van der Waals surface area contributed by atoms with Crippen LogP contribution in [0.3, 0.4) is 0 Å². The van der Waals surface area contributed by atoms with Crippen LogP contribution < -0.4 is 0 Å². The highest BCUT2D eigenvalue weighted by molar-refractivity contribution is 5.72. The van der Waals surface area contributed by atoms with Gasteiger partial charge in [0.05, 0.1) is 0 Å². The predicted molar refractivity (Wildman–Crippen MR) is 402 cm³/mol. The van der Waals surface area contributed by atoms with E-state index in [2.05, 4.69) is 143 Å². The van der Waals surface area contributed by atoms with Crippen LogP contribution >= 0.6 is 0 Å². The normalized spacial score (nSPS) is 13.1. The molecule has 0 radical (unpaired) electrons. The molecule has 0 unspecified atom stereocenters. The summed E-state index contributed by atoms with van der Waals surface area (Å²) in [5.41, 5.74) is 10.6. The molecule has 0 aromatic heterocycles. The Morgan fingerprint density at radius 3 is 0.697 bits per heavy atom. The summed E-state index contributed by atoms with van der Waals surface area (Å²) in [6, 6.07) is 23.6. The van der Waals surface area contributed by atoms with E-state index >= 15 is 0 Å². The van der Waals surface area contributed by atoms with Gasteiger partial charge in [0.2, 0.25) is 0 Å². The molecule has 0 saturated heterocycles. The van der Waals surface area contributed by atoms with Gasteiger partial charge in [-0.25, -0.2) is 0 Å². The Morgan fingerprint density at radius 1 is 0.283 bits per heavy atom. The molecule has 6 N–H and O–H groups in total. The smallest absolute Gasteiger partial charge is 0.306 e. The van der Waals surface area contributed by atoms with Crippen LogP contribution in [-0.4, -0.2) is 67.9 Å². The van der Waals surface area contributed by atoms with Gasteiger partial charge in [-0.15, -0.1) is 0 Å². The van der Waals surface area contributed by atoms with E-state index in [0.717, 1.165) is 50.1 Å². The maximum absolute atomic E-state index is 14.2. The Balaban J connectivity index is 1.29. The lowest BCUT2D eigenvalue weighted by molar-refractivity contribution is -0.166. The fourth-order valence-corrected chi connectivity index (χ4v) is 12.6. The second-order valence-corrected chi connectivity index (χ2v) is 37.3. The van der Waals surface area contributed by atoms with Crippen LogP contribution in [0, 0.1) is 0 Å². The lowest BCUT2D eigenvalue weighted by atomic mass is 9.77. The van der Waals surface area contributed by atoms with Crippen LogP contribution in [0.25, 0.3) is 0 Å². The van der Waals surface area contributed by atoms with Crippen LogP contribution in [0.1, 0.15) is 306 Å². The number of carbonyl (C=O) groups is 3. The minimum Gasteiger partial charge on any atom is -0.507 e. The zero-order valence-corrected chi connectivity index (χ0v) is 65.4. The summed E-state index contributed by atoms with van der Waals surface area (Å²) in [5, 5.41) is 71.2. The molecule has 0 aliphatic rings. The van der Waals surface area contributed by atoms with Gasteiger partial charge in [-0.2, -0.15) is 0 Å². The predicted octanol–water partition coefficient (Wildman–Crippen LogP) is 19.6. The van der Waals surface area contributed by atoms with Crippen molar-refractivity contribution in [3.8, 4) is 34.5 Å². The molecule has 99 heavy (non-hydrogen) atoms. The minimum absolute atomic E-state index is 0.0766. The second kappa shape index (κ2) is 29.6. The summed E-state index contributed by atoms with van der Waals surface area (Å²) < 4.78 is 17.9. The molecule has 0 aliphatic carbocycles. The molecule has 0 fully saturated rings. The monoisotopic (exact) mass is 1360 g/mol. The highest BCUT2D eigenvalue weighted by atomic mass is 16.6. The van der Waals surface area contributed by atoms with E-state index in [0.29, 0.717) is 50.1 Å².